The van der Waals surface area contributed by atoms with E-state index >= 15 is 0 Å². The number of amides is 1. The molecule has 0 heterocycles. The molecule has 1 amide bonds. The van der Waals surface area contributed by atoms with Crippen LogP contribution in [0, 0.1) is 11.8 Å². The van der Waals surface area contributed by atoms with Crippen molar-refractivity contribution in [1.82, 2.24) is 5.32 Å². The number of hydrogen-bond acceptors (Lipinski definition) is 5. The van der Waals surface area contributed by atoms with E-state index in [1.54, 1.807) is 6.07 Å². The average Bonchev–Trinajstić information content (AvgIpc) is 2.56. The van der Waals surface area contributed by atoms with E-state index in [0.717, 1.165) is 12.8 Å². The maximum atomic E-state index is 12.0. The molecule has 0 aliphatic heterocycles. The molecule has 1 aromatic carbocycles. The zero-order chi connectivity index (χ0) is 17.7. The van der Waals surface area contributed by atoms with Gasteiger partial charge in [0.2, 0.25) is 0 Å². The second kappa shape index (κ2) is 8.04. The molecule has 6 nitrogen and oxygen atoms in total. The first-order valence-electron chi connectivity index (χ1n) is 8.26. The molecule has 1 aliphatic carbocycles. The number of nitrogens with one attached hydrogen (secondary N) is 1. The van der Waals surface area contributed by atoms with Crippen LogP contribution in [0.3, 0.4) is 0 Å². The van der Waals surface area contributed by atoms with Crippen molar-refractivity contribution in [3.05, 3.63) is 23.8 Å². The molecule has 24 heavy (non-hydrogen) atoms. The van der Waals surface area contributed by atoms with Crippen molar-refractivity contribution in [2.45, 2.75) is 39.2 Å². The van der Waals surface area contributed by atoms with Gasteiger partial charge in [-0.1, -0.05) is 26.7 Å². The van der Waals surface area contributed by atoms with E-state index in [-0.39, 0.29) is 29.9 Å². The highest BCUT2D eigenvalue weighted by Crippen LogP contribution is 2.29. The standard InChI is InChI=1S/C18H25NO5/c1-11-5-4-6-15(12(11)2)19-17(21)10-24-18(22)14-8-7-13(23-3)9-16(14)20/h7-9,11-12,15,20H,4-6,10H2,1-3H3,(H,19,21)/t11-,12+,15-/m0/s1. The molecule has 132 valence electrons. The van der Waals surface area contributed by atoms with Gasteiger partial charge in [0.05, 0.1) is 7.11 Å². The topological polar surface area (TPSA) is 84.9 Å². The lowest BCUT2D eigenvalue weighted by atomic mass is 9.78. The summed E-state index contributed by atoms with van der Waals surface area (Å²) in [6.45, 7) is 3.97. The fraction of sp³-hybridized carbons (Fsp3) is 0.556. The van der Waals surface area contributed by atoms with Crippen molar-refractivity contribution in [2.24, 2.45) is 11.8 Å². The number of rotatable bonds is 5. The molecule has 0 bridgehead atoms. The molecule has 0 radical (unpaired) electrons. The van der Waals surface area contributed by atoms with E-state index in [4.69, 9.17) is 9.47 Å². The summed E-state index contributed by atoms with van der Waals surface area (Å²) in [5, 5.41) is 12.7. The molecule has 3 atom stereocenters. The fourth-order valence-electron chi connectivity index (χ4n) is 3.05. The third-order valence-electron chi connectivity index (χ3n) is 4.81. The van der Waals surface area contributed by atoms with Crippen LogP contribution in [0.5, 0.6) is 11.5 Å². The van der Waals surface area contributed by atoms with Crippen LogP contribution in [0.4, 0.5) is 0 Å². The third kappa shape index (κ3) is 4.40. The van der Waals surface area contributed by atoms with Crippen LogP contribution in [0.25, 0.3) is 0 Å². The second-order valence-corrected chi connectivity index (χ2v) is 6.40. The van der Waals surface area contributed by atoms with E-state index in [9.17, 15) is 14.7 Å². The minimum absolute atomic E-state index is 0.00302. The largest absolute Gasteiger partial charge is 0.507 e. The second-order valence-electron chi connectivity index (χ2n) is 6.40. The highest BCUT2D eigenvalue weighted by atomic mass is 16.5. The number of methoxy groups -OCH3 is 1. The van der Waals surface area contributed by atoms with Gasteiger partial charge in [0, 0.05) is 12.1 Å². The highest BCUT2D eigenvalue weighted by molar-refractivity contribution is 5.94. The Morgan fingerprint density at radius 1 is 1.29 bits per heavy atom. The van der Waals surface area contributed by atoms with E-state index in [1.807, 2.05) is 0 Å². The zero-order valence-electron chi connectivity index (χ0n) is 14.4. The molecule has 2 rings (SSSR count). The SMILES string of the molecule is COc1ccc(C(=O)OCC(=O)N[C@H]2CCC[C@H](C)[C@H]2C)c(O)c1. The summed E-state index contributed by atoms with van der Waals surface area (Å²) in [6, 6.07) is 4.39. The van der Waals surface area contributed by atoms with E-state index in [0.29, 0.717) is 17.6 Å². The molecule has 1 saturated carbocycles. The molecule has 6 heteroatoms. The molecular weight excluding hydrogens is 310 g/mol. The van der Waals surface area contributed by atoms with Gasteiger partial charge in [-0.15, -0.1) is 0 Å². The Kier molecular flexibility index (Phi) is 6.06. The number of benzene rings is 1. The Hall–Kier alpha value is -2.24. The number of phenols is 1. The molecule has 0 saturated heterocycles. The fourth-order valence-corrected chi connectivity index (χ4v) is 3.05. The number of ether oxygens (including phenoxy) is 2. The van der Waals surface area contributed by atoms with Gasteiger partial charge in [-0.25, -0.2) is 4.79 Å². The average molecular weight is 335 g/mol. The minimum Gasteiger partial charge on any atom is -0.507 e. The zero-order valence-corrected chi connectivity index (χ0v) is 14.4. The van der Waals surface area contributed by atoms with Crippen molar-refractivity contribution in [3.63, 3.8) is 0 Å². The van der Waals surface area contributed by atoms with Crippen LogP contribution in [0.1, 0.15) is 43.5 Å². The molecule has 1 fully saturated rings. The lowest BCUT2D eigenvalue weighted by molar-refractivity contribution is -0.125. The smallest absolute Gasteiger partial charge is 0.342 e. The van der Waals surface area contributed by atoms with Gasteiger partial charge < -0.3 is 19.9 Å². The van der Waals surface area contributed by atoms with Crippen molar-refractivity contribution >= 4 is 11.9 Å². The van der Waals surface area contributed by atoms with E-state index in [2.05, 4.69) is 19.2 Å². The maximum absolute atomic E-state index is 12.0. The van der Waals surface area contributed by atoms with Crippen LogP contribution < -0.4 is 10.1 Å². The Morgan fingerprint density at radius 2 is 2.04 bits per heavy atom. The number of carbonyl (C=O) groups excluding carboxylic acids is 2. The van der Waals surface area contributed by atoms with Crippen molar-refractivity contribution in [1.29, 1.82) is 0 Å². The summed E-state index contributed by atoms with van der Waals surface area (Å²) in [5.41, 5.74) is 0.00302. The van der Waals surface area contributed by atoms with Crippen molar-refractivity contribution in [3.8, 4) is 11.5 Å². The minimum atomic E-state index is -0.740. The Morgan fingerprint density at radius 3 is 2.71 bits per heavy atom. The highest BCUT2D eigenvalue weighted by Gasteiger charge is 2.28. The molecule has 0 unspecified atom stereocenters. The Balaban J connectivity index is 1.86. The Bertz CT molecular complexity index is 601. The van der Waals surface area contributed by atoms with Gasteiger partial charge in [-0.2, -0.15) is 0 Å². The lowest BCUT2D eigenvalue weighted by Crippen LogP contribution is -2.45. The molecule has 1 aliphatic rings. The van der Waals surface area contributed by atoms with Gasteiger partial charge in [-0.05, 0) is 30.4 Å². The maximum Gasteiger partial charge on any atom is 0.342 e. The van der Waals surface area contributed by atoms with Gasteiger partial charge >= 0.3 is 5.97 Å². The quantitative estimate of drug-likeness (QED) is 0.808. The van der Waals surface area contributed by atoms with Crippen LogP contribution in [-0.2, 0) is 9.53 Å². The number of phenolic OH excluding ortho intramolecular Hbond substituents is 1. The number of hydrogen-bond donors (Lipinski definition) is 2. The summed E-state index contributed by atoms with van der Waals surface area (Å²) in [7, 11) is 1.46. The van der Waals surface area contributed by atoms with Gasteiger partial charge in [0.15, 0.2) is 6.61 Å². The molecule has 0 spiro atoms. The van der Waals surface area contributed by atoms with Crippen molar-refractivity contribution < 1.29 is 24.2 Å². The predicted molar refractivity (Wildman–Crippen MR) is 89.1 cm³/mol. The molecule has 2 N–H and O–H groups in total. The monoisotopic (exact) mass is 335 g/mol. The van der Waals surface area contributed by atoms with Gasteiger partial charge in [0.25, 0.3) is 5.91 Å². The lowest BCUT2D eigenvalue weighted by Gasteiger charge is -2.34. The van der Waals surface area contributed by atoms with Crippen LogP contribution in [0.15, 0.2) is 18.2 Å². The third-order valence-corrected chi connectivity index (χ3v) is 4.81. The van der Waals surface area contributed by atoms with E-state index < -0.39 is 5.97 Å². The molecular formula is C18H25NO5. The number of carbonyl (C=O) groups is 2. The van der Waals surface area contributed by atoms with E-state index in [1.165, 1.54) is 25.7 Å². The first kappa shape index (κ1) is 18.1. The summed E-state index contributed by atoms with van der Waals surface area (Å²) < 4.78 is 9.95. The van der Waals surface area contributed by atoms with Gasteiger partial charge in [-0.3, -0.25) is 4.79 Å². The summed E-state index contributed by atoms with van der Waals surface area (Å²) in [6.07, 6.45) is 3.22. The molecule has 0 aromatic heterocycles. The number of aromatic hydroxyl groups is 1. The van der Waals surface area contributed by atoms with Crippen molar-refractivity contribution in [2.75, 3.05) is 13.7 Å². The predicted octanol–water partition coefficient (Wildman–Crippen LogP) is 2.50. The first-order valence-corrected chi connectivity index (χ1v) is 8.26. The van der Waals surface area contributed by atoms with Crippen LogP contribution in [0.2, 0.25) is 0 Å². The van der Waals surface area contributed by atoms with Crippen LogP contribution >= 0.6 is 0 Å². The van der Waals surface area contributed by atoms with Crippen LogP contribution in [-0.4, -0.2) is 36.7 Å². The normalized spacial score (nSPS) is 23.4. The first-order chi connectivity index (χ1) is 11.4. The summed E-state index contributed by atoms with van der Waals surface area (Å²) in [4.78, 5) is 24.0. The Labute approximate surface area is 142 Å². The summed E-state index contributed by atoms with van der Waals surface area (Å²) in [5.74, 6) is 0.112. The van der Waals surface area contributed by atoms with Gasteiger partial charge in [0.1, 0.15) is 17.1 Å². The molecule has 1 aromatic rings. The number of esters is 1. The summed E-state index contributed by atoms with van der Waals surface area (Å²) >= 11 is 0.